The lowest BCUT2D eigenvalue weighted by atomic mass is 10.0. The second-order valence-corrected chi connectivity index (χ2v) is 8.00. The van der Waals surface area contributed by atoms with Gasteiger partial charge in [-0.05, 0) is 42.8 Å². The molecule has 9 nitrogen and oxygen atoms in total. The van der Waals surface area contributed by atoms with Crippen LogP contribution in [0.3, 0.4) is 0 Å². The van der Waals surface area contributed by atoms with Crippen LogP contribution in [0.1, 0.15) is 22.8 Å². The van der Waals surface area contributed by atoms with Gasteiger partial charge in [-0.3, -0.25) is 9.59 Å². The van der Waals surface area contributed by atoms with Crippen molar-refractivity contribution in [2.45, 2.75) is 19.4 Å². The molecule has 0 spiro atoms. The normalized spacial score (nSPS) is 12.1. The van der Waals surface area contributed by atoms with E-state index < -0.39 is 23.7 Å². The van der Waals surface area contributed by atoms with Crippen molar-refractivity contribution in [2.75, 3.05) is 10.6 Å². The number of allylic oxidation sites excluding steroid dienone is 1. The zero-order chi connectivity index (χ0) is 24.8. The Bertz CT molecular complexity index is 1240. The third-order valence-electron chi connectivity index (χ3n) is 4.84. The van der Waals surface area contributed by atoms with E-state index in [-0.39, 0.29) is 28.3 Å². The first kappa shape index (κ1) is 24.4. The number of imidazole rings is 1. The minimum atomic E-state index is -0.931. The van der Waals surface area contributed by atoms with Crippen molar-refractivity contribution in [1.82, 2.24) is 9.55 Å². The van der Waals surface area contributed by atoms with Gasteiger partial charge < -0.3 is 32.4 Å². The van der Waals surface area contributed by atoms with Crippen LogP contribution in [0.2, 0.25) is 0 Å². The van der Waals surface area contributed by atoms with Crippen LogP contribution >= 0.6 is 12.2 Å². The van der Waals surface area contributed by atoms with Gasteiger partial charge in [-0.15, -0.1) is 0 Å². The van der Waals surface area contributed by atoms with Gasteiger partial charge in [0.05, 0.1) is 23.3 Å². The molecule has 0 bridgehead atoms. The summed E-state index contributed by atoms with van der Waals surface area (Å²) in [5, 5.41) is 5.62. The van der Waals surface area contributed by atoms with Crippen LogP contribution in [-0.2, 0) is 11.2 Å². The number of thiocarbonyl (C=S) groups is 1. The van der Waals surface area contributed by atoms with Crippen molar-refractivity contribution < 1.29 is 14.0 Å². The van der Waals surface area contributed by atoms with Gasteiger partial charge in [-0.25, -0.2) is 9.37 Å². The number of amides is 2. The minimum Gasteiger partial charge on any atom is -0.402 e. The molecule has 1 atom stereocenters. The Hall–Kier alpha value is -4.25. The number of carbonyl (C=O) groups is 2. The number of nitrogens with zero attached hydrogens (tertiary/aromatic N) is 2. The first-order valence-corrected chi connectivity index (χ1v) is 10.6. The highest BCUT2D eigenvalue weighted by atomic mass is 32.1. The van der Waals surface area contributed by atoms with E-state index in [0.29, 0.717) is 5.70 Å². The molecule has 0 aliphatic carbocycles. The number of halogens is 1. The zero-order valence-corrected chi connectivity index (χ0v) is 19.1. The second kappa shape index (κ2) is 10.6. The molecular weight excluding hydrogens is 457 g/mol. The highest BCUT2D eigenvalue weighted by Gasteiger charge is 2.20. The summed E-state index contributed by atoms with van der Waals surface area (Å²) in [6, 6.07) is 8.75. The highest BCUT2D eigenvalue weighted by Crippen LogP contribution is 2.26. The number of primary amides is 2. The largest absolute Gasteiger partial charge is 0.402 e. The van der Waals surface area contributed by atoms with Gasteiger partial charge in [0.15, 0.2) is 0 Å². The molecule has 0 aliphatic heterocycles. The monoisotopic (exact) mass is 481 g/mol. The molecular formula is C23H24FN7O2S. The summed E-state index contributed by atoms with van der Waals surface area (Å²) < 4.78 is 16.6. The number of nitrogens with two attached hydrogens (primary N) is 3. The molecule has 11 heteroatoms. The number of aromatic nitrogens is 2. The smallest absolute Gasteiger partial charge is 0.250 e. The standard InChI is InChI=1S/C23H24FN7O2S/c1-13(25)8-21(34)30-18-11-19(17(24)10-16(18)22(26)32)29-20(23(27)33)9-14-2-4-15(5-3-14)31-7-6-28-12-31/h2-8,10-12,20,29H,9,25H2,1H3,(H2,26,32)(H2,27,33)(H,30,34)/t20-/m1/s1. The van der Waals surface area contributed by atoms with Crippen molar-refractivity contribution in [3.63, 3.8) is 0 Å². The third-order valence-corrected chi connectivity index (χ3v) is 5.06. The summed E-state index contributed by atoms with van der Waals surface area (Å²) in [6.45, 7) is 1.64. The second-order valence-electron chi connectivity index (χ2n) is 7.56. The molecule has 0 radical (unpaired) electrons. The minimum absolute atomic E-state index is 0.0532. The number of hydrogen-bond acceptors (Lipinski definition) is 6. The first-order valence-electron chi connectivity index (χ1n) is 10.1. The predicted octanol–water partition coefficient (Wildman–Crippen LogP) is 2.22. The van der Waals surface area contributed by atoms with Gasteiger partial charge >= 0.3 is 0 Å². The van der Waals surface area contributed by atoms with Gasteiger partial charge in [0.25, 0.3) is 5.91 Å². The van der Waals surface area contributed by atoms with Crippen molar-refractivity contribution in [2.24, 2.45) is 17.2 Å². The molecule has 0 saturated heterocycles. The summed E-state index contributed by atoms with van der Waals surface area (Å²) >= 11 is 5.18. The molecule has 3 aromatic rings. The summed E-state index contributed by atoms with van der Waals surface area (Å²) in [5.74, 6) is -2.31. The Labute approximate surface area is 200 Å². The Morgan fingerprint density at radius 3 is 2.44 bits per heavy atom. The van der Waals surface area contributed by atoms with Crippen molar-refractivity contribution >= 4 is 40.4 Å². The van der Waals surface area contributed by atoms with E-state index in [1.807, 2.05) is 35.0 Å². The fourth-order valence-corrected chi connectivity index (χ4v) is 3.52. The molecule has 1 aromatic heterocycles. The van der Waals surface area contributed by atoms with Gasteiger partial charge in [0.1, 0.15) is 16.8 Å². The Morgan fingerprint density at radius 2 is 1.88 bits per heavy atom. The molecule has 0 unspecified atom stereocenters. The summed E-state index contributed by atoms with van der Waals surface area (Å²) in [7, 11) is 0. The van der Waals surface area contributed by atoms with E-state index in [1.54, 1.807) is 19.4 Å². The number of hydrogen-bond donors (Lipinski definition) is 5. The molecule has 0 aliphatic rings. The summed E-state index contributed by atoms with van der Waals surface area (Å²) in [6.07, 6.45) is 6.82. The lowest BCUT2D eigenvalue weighted by Crippen LogP contribution is -2.37. The average molecular weight is 482 g/mol. The van der Waals surface area contributed by atoms with Gasteiger partial charge in [-0.2, -0.15) is 0 Å². The Balaban J connectivity index is 1.84. The van der Waals surface area contributed by atoms with Gasteiger partial charge in [0, 0.05) is 30.2 Å². The van der Waals surface area contributed by atoms with Crippen molar-refractivity contribution in [3.8, 4) is 5.69 Å². The molecule has 3 rings (SSSR count). The maximum absolute atomic E-state index is 14.8. The third kappa shape index (κ3) is 6.17. The average Bonchev–Trinajstić information content (AvgIpc) is 3.29. The maximum atomic E-state index is 14.8. The fourth-order valence-electron chi connectivity index (χ4n) is 3.23. The van der Waals surface area contributed by atoms with E-state index >= 15 is 0 Å². The summed E-state index contributed by atoms with van der Waals surface area (Å²) in [5.41, 5.74) is 18.7. The van der Waals surface area contributed by atoms with Gasteiger partial charge in [0.2, 0.25) is 5.91 Å². The van der Waals surface area contributed by atoms with Crippen LogP contribution in [0.5, 0.6) is 0 Å². The molecule has 2 aromatic carbocycles. The maximum Gasteiger partial charge on any atom is 0.250 e. The Kier molecular flexibility index (Phi) is 7.59. The molecule has 0 fully saturated rings. The molecule has 1 heterocycles. The number of rotatable bonds is 9. The van der Waals surface area contributed by atoms with Crippen LogP contribution in [0.25, 0.3) is 5.69 Å². The van der Waals surface area contributed by atoms with E-state index in [2.05, 4.69) is 15.6 Å². The molecule has 34 heavy (non-hydrogen) atoms. The lowest BCUT2D eigenvalue weighted by molar-refractivity contribution is -0.118. The number of carbonyl (C=O) groups excluding carboxylic acids is 2. The van der Waals surface area contributed by atoms with Crippen molar-refractivity contribution in [1.29, 1.82) is 0 Å². The molecule has 0 saturated carbocycles. The van der Waals surface area contributed by atoms with Crippen molar-refractivity contribution in [3.05, 3.63) is 83.8 Å². The van der Waals surface area contributed by atoms with Crippen LogP contribution in [0.4, 0.5) is 15.8 Å². The number of anilines is 2. The highest BCUT2D eigenvalue weighted by molar-refractivity contribution is 7.81. The van der Waals surface area contributed by atoms with Gasteiger partial charge in [-0.1, -0.05) is 24.4 Å². The number of nitrogens with one attached hydrogen (secondary N) is 2. The van der Waals surface area contributed by atoms with Crippen LogP contribution < -0.4 is 27.8 Å². The summed E-state index contributed by atoms with van der Waals surface area (Å²) in [4.78, 5) is 28.1. The lowest BCUT2D eigenvalue weighted by Gasteiger charge is -2.19. The van der Waals surface area contributed by atoms with E-state index in [9.17, 15) is 14.0 Å². The molecule has 8 N–H and O–H groups in total. The molecule has 176 valence electrons. The predicted molar refractivity (Wildman–Crippen MR) is 133 cm³/mol. The molecule has 2 amide bonds. The number of benzene rings is 2. The first-order chi connectivity index (χ1) is 16.1. The van der Waals surface area contributed by atoms with Crippen LogP contribution in [0.15, 0.2) is 66.9 Å². The van der Waals surface area contributed by atoms with E-state index in [4.69, 9.17) is 29.4 Å². The quantitative estimate of drug-likeness (QED) is 0.232. The Morgan fingerprint density at radius 1 is 1.18 bits per heavy atom. The zero-order valence-electron chi connectivity index (χ0n) is 18.3. The van der Waals surface area contributed by atoms with E-state index in [1.165, 1.54) is 12.1 Å². The van der Waals surface area contributed by atoms with Crippen LogP contribution in [-0.4, -0.2) is 32.4 Å². The topological polar surface area (TPSA) is 154 Å². The fraction of sp³-hybridized carbons (Fsp3) is 0.130. The van der Waals surface area contributed by atoms with Crippen LogP contribution in [0, 0.1) is 5.82 Å². The SMILES string of the molecule is CC(N)=CC(=S)Nc1cc(N[C@H](Cc2ccc(-n3ccnc3)cc2)C(N)=O)c(F)cc1C(N)=O. The van der Waals surface area contributed by atoms with E-state index in [0.717, 1.165) is 17.3 Å².